The van der Waals surface area contributed by atoms with Gasteiger partial charge in [0.1, 0.15) is 19.0 Å². The highest BCUT2D eigenvalue weighted by atomic mass is 19.1. The molecular formula is C14H14FNO2. The molecule has 1 N–H and O–H groups in total. The van der Waals surface area contributed by atoms with E-state index in [0.29, 0.717) is 17.0 Å². The fourth-order valence-electron chi connectivity index (χ4n) is 1.88. The van der Waals surface area contributed by atoms with E-state index in [9.17, 15) is 4.39 Å². The highest BCUT2D eigenvalue weighted by Crippen LogP contribution is 2.30. The zero-order valence-electron chi connectivity index (χ0n) is 10.1. The third-order valence-electron chi connectivity index (χ3n) is 2.74. The monoisotopic (exact) mass is 247 g/mol. The van der Waals surface area contributed by atoms with Gasteiger partial charge in [-0.05, 0) is 18.4 Å². The number of nitrogens with zero attached hydrogens (tertiary/aromatic N) is 1. The summed E-state index contributed by atoms with van der Waals surface area (Å²) in [5.74, 6) is 0.557. The molecule has 0 aromatic heterocycles. The van der Waals surface area contributed by atoms with Gasteiger partial charge in [-0.3, -0.25) is 0 Å². The van der Waals surface area contributed by atoms with Crippen LogP contribution in [0.3, 0.4) is 0 Å². The van der Waals surface area contributed by atoms with Crippen LogP contribution in [0.5, 0.6) is 5.75 Å². The number of oxime groups is 1. The fraction of sp³-hybridized carbons (Fsp3) is 0.214. The highest BCUT2D eigenvalue weighted by Gasteiger charge is 2.11. The molecule has 0 saturated carbocycles. The van der Waals surface area contributed by atoms with E-state index in [1.54, 1.807) is 6.92 Å². The van der Waals surface area contributed by atoms with E-state index in [-0.39, 0.29) is 6.61 Å². The molecule has 0 atom stereocenters. The Labute approximate surface area is 104 Å². The predicted octanol–water partition coefficient (Wildman–Crippen LogP) is 3.39. The highest BCUT2D eigenvalue weighted by molar-refractivity contribution is 6.06. The lowest BCUT2D eigenvalue weighted by Crippen LogP contribution is -2.05. The van der Waals surface area contributed by atoms with E-state index in [0.717, 1.165) is 10.8 Å². The average molecular weight is 247 g/mol. The van der Waals surface area contributed by atoms with Gasteiger partial charge in [0, 0.05) is 10.9 Å². The maximum atomic E-state index is 12.3. The van der Waals surface area contributed by atoms with Crippen molar-refractivity contribution in [2.24, 2.45) is 5.16 Å². The lowest BCUT2D eigenvalue weighted by atomic mass is 10.0. The number of hydrogen-bond acceptors (Lipinski definition) is 3. The van der Waals surface area contributed by atoms with Gasteiger partial charge in [-0.15, -0.1) is 0 Å². The first-order valence-electron chi connectivity index (χ1n) is 5.67. The van der Waals surface area contributed by atoms with Crippen LogP contribution < -0.4 is 4.74 Å². The first kappa shape index (κ1) is 12.4. The molecule has 0 saturated heterocycles. The van der Waals surface area contributed by atoms with Crippen LogP contribution in [0.1, 0.15) is 12.5 Å². The molecule has 0 spiro atoms. The van der Waals surface area contributed by atoms with Crippen molar-refractivity contribution in [3.05, 3.63) is 42.0 Å². The molecule has 0 heterocycles. The fourth-order valence-corrected chi connectivity index (χ4v) is 1.88. The average Bonchev–Trinajstić information content (AvgIpc) is 2.43. The van der Waals surface area contributed by atoms with E-state index in [2.05, 4.69) is 5.16 Å². The van der Waals surface area contributed by atoms with Gasteiger partial charge in [-0.2, -0.15) is 0 Å². The lowest BCUT2D eigenvalue weighted by Gasteiger charge is -2.12. The topological polar surface area (TPSA) is 41.8 Å². The molecule has 18 heavy (non-hydrogen) atoms. The molecular weight excluding hydrogens is 233 g/mol. The first-order chi connectivity index (χ1) is 8.77. The summed E-state index contributed by atoms with van der Waals surface area (Å²) in [6, 6.07) is 11.4. The van der Waals surface area contributed by atoms with Crippen LogP contribution in [-0.4, -0.2) is 24.2 Å². The second-order valence-corrected chi connectivity index (χ2v) is 3.89. The summed E-state index contributed by atoms with van der Waals surface area (Å²) in [7, 11) is 0. The Kier molecular flexibility index (Phi) is 3.77. The number of hydrogen-bond donors (Lipinski definition) is 1. The normalized spacial score (nSPS) is 11.8. The molecule has 2 aromatic carbocycles. The number of halogens is 1. The van der Waals surface area contributed by atoms with Gasteiger partial charge in [-0.1, -0.05) is 35.5 Å². The van der Waals surface area contributed by atoms with Crippen molar-refractivity contribution in [1.29, 1.82) is 0 Å². The number of ether oxygens (including phenoxy) is 1. The molecule has 0 aliphatic rings. The second-order valence-electron chi connectivity index (χ2n) is 3.89. The number of alkyl halides is 1. The van der Waals surface area contributed by atoms with Crippen molar-refractivity contribution >= 4 is 16.5 Å². The SMILES string of the molecule is C/C(=N/O)c1ccc2ccccc2c1OCCF. The Morgan fingerprint density at radius 3 is 2.78 bits per heavy atom. The smallest absolute Gasteiger partial charge is 0.136 e. The van der Waals surface area contributed by atoms with E-state index in [4.69, 9.17) is 9.94 Å². The number of rotatable bonds is 4. The van der Waals surface area contributed by atoms with Crippen LogP contribution in [0.15, 0.2) is 41.6 Å². The van der Waals surface area contributed by atoms with E-state index in [1.807, 2.05) is 36.4 Å². The van der Waals surface area contributed by atoms with E-state index < -0.39 is 6.67 Å². The lowest BCUT2D eigenvalue weighted by molar-refractivity contribution is 0.275. The Balaban J connectivity index is 2.63. The molecule has 0 aliphatic heterocycles. The Morgan fingerprint density at radius 1 is 1.28 bits per heavy atom. The standard InChI is InChI=1S/C14H14FNO2/c1-10(16-17)12-7-6-11-4-2-3-5-13(11)14(12)18-9-8-15/h2-7,17H,8-9H2,1H3/b16-10-. The van der Waals surface area contributed by atoms with Crippen LogP contribution in [-0.2, 0) is 0 Å². The molecule has 0 unspecified atom stereocenters. The molecule has 0 aliphatic carbocycles. The molecule has 0 radical (unpaired) electrons. The summed E-state index contributed by atoms with van der Waals surface area (Å²) < 4.78 is 17.7. The van der Waals surface area contributed by atoms with Gasteiger partial charge in [0.2, 0.25) is 0 Å². The Hall–Kier alpha value is -2.10. The van der Waals surface area contributed by atoms with Gasteiger partial charge in [0.05, 0.1) is 5.71 Å². The molecule has 2 aromatic rings. The second kappa shape index (κ2) is 5.49. The van der Waals surface area contributed by atoms with Crippen molar-refractivity contribution in [3.8, 4) is 5.75 Å². The largest absolute Gasteiger partial charge is 0.490 e. The predicted molar refractivity (Wildman–Crippen MR) is 69.4 cm³/mol. The van der Waals surface area contributed by atoms with Gasteiger partial charge in [0.15, 0.2) is 0 Å². The minimum atomic E-state index is -0.558. The molecule has 94 valence electrons. The third-order valence-corrected chi connectivity index (χ3v) is 2.74. The van der Waals surface area contributed by atoms with E-state index in [1.165, 1.54) is 0 Å². The van der Waals surface area contributed by atoms with E-state index >= 15 is 0 Å². The van der Waals surface area contributed by atoms with Gasteiger partial charge in [0.25, 0.3) is 0 Å². The zero-order valence-corrected chi connectivity index (χ0v) is 10.1. The minimum absolute atomic E-state index is 0.0142. The Bertz CT molecular complexity index is 581. The maximum Gasteiger partial charge on any atom is 0.136 e. The molecule has 2 rings (SSSR count). The van der Waals surface area contributed by atoms with Crippen molar-refractivity contribution in [2.45, 2.75) is 6.92 Å². The molecule has 3 nitrogen and oxygen atoms in total. The summed E-state index contributed by atoms with van der Waals surface area (Å²) in [5, 5.41) is 13.9. The van der Waals surface area contributed by atoms with Gasteiger partial charge < -0.3 is 9.94 Å². The first-order valence-corrected chi connectivity index (χ1v) is 5.67. The van der Waals surface area contributed by atoms with Crippen molar-refractivity contribution in [2.75, 3.05) is 13.3 Å². The van der Waals surface area contributed by atoms with Crippen LogP contribution in [0, 0.1) is 0 Å². The summed E-state index contributed by atoms with van der Waals surface area (Å²) in [5.41, 5.74) is 1.11. The molecule has 4 heteroatoms. The van der Waals surface area contributed by atoms with Crippen LogP contribution in [0.25, 0.3) is 10.8 Å². The summed E-state index contributed by atoms with van der Waals surface area (Å²) in [6.45, 7) is 1.10. The number of benzene rings is 2. The zero-order chi connectivity index (χ0) is 13.0. The third kappa shape index (κ3) is 2.27. The van der Waals surface area contributed by atoms with Crippen molar-refractivity contribution in [1.82, 2.24) is 0 Å². The molecule has 0 fully saturated rings. The Morgan fingerprint density at radius 2 is 2.06 bits per heavy atom. The minimum Gasteiger partial charge on any atom is -0.490 e. The number of fused-ring (bicyclic) bond motifs is 1. The van der Waals surface area contributed by atoms with Crippen molar-refractivity contribution in [3.63, 3.8) is 0 Å². The summed E-state index contributed by atoms with van der Waals surface area (Å²) in [4.78, 5) is 0. The van der Waals surface area contributed by atoms with Crippen LogP contribution >= 0.6 is 0 Å². The van der Waals surface area contributed by atoms with Gasteiger partial charge in [-0.25, -0.2) is 4.39 Å². The summed E-state index contributed by atoms with van der Waals surface area (Å²) in [6.07, 6.45) is 0. The van der Waals surface area contributed by atoms with Crippen LogP contribution in [0.4, 0.5) is 4.39 Å². The summed E-state index contributed by atoms with van der Waals surface area (Å²) >= 11 is 0. The van der Waals surface area contributed by atoms with Crippen molar-refractivity contribution < 1.29 is 14.3 Å². The maximum absolute atomic E-state index is 12.3. The molecule has 0 amide bonds. The van der Waals surface area contributed by atoms with Gasteiger partial charge >= 0.3 is 0 Å². The quantitative estimate of drug-likeness (QED) is 0.511. The molecule has 0 bridgehead atoms. The van der Waals surface area contributed by atoms with Crippen LogP contribution in [0.2, 0.25) is 0 Å².